The Kier molecular flexibility index (Phi) is 30.9. The van der Waals surface area contributed by atoms with Crippen molar-refractivity contribution in [3.8, 4) is 64.2 Å². The molecule has 0 radical (unpaired) electrons. The summed E-state index contributed by atoms with van der Waals surface area (Å²) in [7, 11) is -13.7. The van der Waals surface area contributed by atoms with Gasteiger partial charge in [0.1, 0.15) is 53.2 Å². The number of halogens is 7. The molecule has 4 amide bonds. The first-order valence-corrected chi connectivity index (χ1v) is 48.7. The zero-order chi connectivity index (χ0) is 95.7. The number of aryl methyl sites for hydroxylation is 1. The maximum Gasteiger partial charge on any atom is 0.238 e. The van der Waals surface area contributed by atoms with Gasteiger partial charge >= 0.3 is 0 Å². The highest BCUT2D eigenvalue weighted by atomic mass is 35.5. The van der Waals surface area contributed by atoms with Crippen LogP contribution in [0.5, 0.6) is 46.0 Å². The molecule has 0 bridgehead atoms. The molecular formula is C94H76Cl7N11O17S4. The standard InChI is InChI=1S/C24H19Cl2N3O4S.C24H20ClN3O4S.C23H17Cl2N3O4S.C23H20Cl2N2O5S/c25-18-3-8-21(23(11-18)33-14-16-2-1-15(12-27)9-22(16)26)17-10-24(30)29(13-17)19-4-6-20(7-5-19)34(28,31)32;1-15-2-3-16(13-26)22(10-15)32-23-12-18(25)4-9-21(23)17-11-24(29)28(14-17)19-5-7-20(8-6-19)33(27,30)31;24-16-2-1-14(12-26)21(10-16)32-22-11-17(25)3-8-20(22)15-9-23(29)28(13-15)18-4-6-19(7-5-18)33(27,30)31;1-31-20-9-3-16(25)12-22(20)32-21-11-15(24)2-8-19(21)14-10-23(28)27(13-14)17-4-6-18(7-5-17)33(26,29)30/h1-9,11,17H,10,13-14H2,(H2,28,31,32);2-10,12,17H,11,14H2,1H3,(H2,27,30,31);1-8,10-11,15H,9,13H2,(H2,27,30,31);2-9,11-12,14H,10,13H2,1H3,(H2,26,29,30)/t2*17-;15-;14-/m0000/s1. The molecule has 12 aromatic carbocycles. The average Bonchev–Trinajstić information content (AvgIpc) is 1.63. The summed E-state index contributed by atoms with van der Waals surface area (Å²) in [6.07, 6.45) is 0.970. The van der Waals surface area contributed by atoms with E-state index in [1.165, 1.54) is 55.6 Å². The third-order valence-electron chi connectivity index (χ3n) is 21.7. The summed E-state index contributed by atoms with van der Waals surface area (Å²) >= 11 is 43.3. The fourth-order valence-electron chi connectivity index (χ4n) is 15.2. The lowest BCUT2D eigenvalue weighted by atomic mass is 9.97. The molecule has 4 aliphatic rings. The van der Waals surface area contributed by atoms with Crippen LogP contribution in [0.2, 0.25) is 35.2 Å². The van der Waals surface area contributed by atoms with Crippen molar-refractivity contribution in [2.24, 2.45) is 20.6 Å². The fourth-order valence-corrected chi connectivity index (χ4v) is 18.4. The summed E-state index contributed by atoms with van der Waals surface area (Å²) in [4.78, 5) is 57.5. The quantitative estimate of drug-likeness (QED) is 0.0489. The second-order valence-electron chi connectivity index (χ2n) is 30.7. The van der Waals surface area contributed by atoms with Crippen molar-refractivity contribution in [2.45, 2.75) is 82.5 Å². The first kappa shape index (κ1) is 98.2. The van der Waals surface area contributed by atoms with E-state index in [-0.39, 0.29) is 105 Å². The number of benzene rings is 12. The lowest BCUT2D eigenvalue weighted by molar-refractivity contribution is -0.118. The molecule has 8 N–H and O–H groups in total. The van der Waals surface area contributed by atoms with Crippen molar-refractivity contribution in [1.29, 1.82) is 15.8 Å². The van der Waals surface area contributed by atoms with Crippen LogP contribution in [0.1, 0.15) is 99.4 Å². The first-order valence-electron chi connectivity index (χ1n) is 39.9. The number of rotatable bonds is 22. The van der Waals surface area contributed by atoms with E-state index >= 15 is 0 Å². The van der Waals surface area contributed by atoms with Gasteiger partial charge in [0.25, 0.3) is 0 Å². The smallest absolute Gasteiger partial charge is 0.238 e. The maximum absolute atomic E-state index is 12.8. The minimum absolute atomic E-state index is 0.0155. The molecule has 0 spiro atoms. The van der Waals surface area contributed by atoms with E-state index < -0.39 is 40.1 Å². The van der Waals surface area contributed by atoms with Crippen LogP contribution in [-0.2, 0) is 65.9 Å². The van der Waals surface area contributed by atoms with Crippen LogP contribution in [-0.4, -0.2) is 90.6 Å². The number of nitrogens with zero attached hydrogens (tertiary/aromatic N) is 7. The molecule has 0 unspecified atom stereocenters. The van der Waals surface area contributed by atoms with Crippen molar-refractivity contribution in [3.63, 3.8) is 0 Å². The molecule has 0 aliphatic carbocycles. The molecule has 4 saturated heterocycles. The lowest BCUT2D eigenvalue weighted by Crippen LogP contribution is -2.24. The highest BCUT2D eigenvalue weighted by Crippen LogP contribution is 2.47. The van der Waals surface area contributed by atoms with Crippen LogP contribution < -0.4 is 63.8 Å². The number of nitriles is 3. The summed E-state index contributed by atoms with van der Waals surface area (Å²) in [5.41, 5.74) is 8.30. The van der Waals surface area contributed by atoms with Crippen molar-refractivity contribution >= 4 is 168 Å². The Balaban J connectivity index is 0.000000151. The lowest BCUT2D eigenvalue weighted by Gasteiger charge is -2.19. The van der Waals surface area contributed by atoms with E-state index in [1.807, 2.05) is 37.3 Å². The summed E-state index contributed by atoms with van der Waals surface area (Å²) < 4.78 is 122. The first-order chi connectivity index (χ1) is 63.1. The zero-order valence-electron chi connectivity index (χ0n) is 69.9. The van der Waals surface area contributed by atoms with Gasteiger partial charge in [-0.3, -0.25) is 19.2 Å². The van der Waals surface area contributed by atoms with Crippen molar-refractivity contribution in [1.82, 2.24) is 0 Å². The molecule has 28 nitrogen and oxygen atoms in total. The van der Waals surface area contributed by atoms with Gasteiger partial charge in [-0.05, 0) is 212 Å². The topological polar surface area (TPSA) is 439 Å². The number of carbonyl (C=O) groups excluding carboxylic acids is 4. The third-order valence-corrected chi connectivity index (χ3v) is 27.2. The van der Waals surface area contributed by atoms with Gasteiger partial charge in [0.15, 0.2) is 11.5 Å². The Hall–Kier alpha value is -12.3. The van der Waals surface area contributed by atoms with E-state index in [9.17, 15) is 63.4 Å². The molecule has 4 fully saturated rings. The minimum atomic E-state index is -3.82. The zero-order valence-corrected chi connectivity index (χ0v) is 78.5. The molecule has 16 rings (SSSR count). The second-order valence-corrected chi connectivity index (χ2v) is 39.9. The largest absolute Gasteiger partial charge is 0.493 e. The van der Waals surface area contributed by atoms with E-state index in [2.05, 4.69) is 12.1 Å². The number of nitrogens with two attached hydrogens (primary N) is 4. The van der Waals surface area contributed by atoms with Gasteiger partial charge in [-0.1, -0.05) is 118 Å². The monoisotopic (exact) mass is 2000 g/mol. The van der Waals surface area contributed by atoms with Crippen LogP contribution in [0, 0.1) is 40.9 Å². The number of methoxy groups -OCH3 is 1. The number of ether oxygens (including phenoxy) is 5. The molecule has 133 heavy (non-hydrogen) atoms. The number of carbonyl (C=O) groups is 4. The molecular weight excluding hydrogens is 1930 g/mol. The van der Waals surface area contributed by atoms with Crippen molar-refractivity contribution in [3.05, 3.63) is 328 Å². The number of primary sulfonamides is 4. The van der Waals surface area contributed by atoms with E-state index in [4.69, 9.17) is 131 Å². The van der Waals surface area contributed by atoms with Gasteiger partial charge in [-0.2, -0.15) is 15.8 Å². The SMILES string of the molecule is COc1ccc(Cl)cc1Oc1cc(Cl)ccc1[C@H]1CC(=O)N(c2ccc(S(N)(=O)=O)cc2)C1.Cc1ccc(C#N)c(Oc2cc(Cl)ccc2[C@H]2CC(=O)N(c3ccc(S(N)(=O)=O)cc3)C2)c1.N#Cc1ccc(COc2cc(Cl)ccc2[C@H]2CC(=O)N(c3ccc(S(N)(=O)=O)cc3)C2)c(Cl)c1.N#Cc1ccc(Cl)cc1Oc1cc(Cl)ccc1[C@H]1CC(=O)N(c2ccc(S(N)(=O)=O)cc2)C1. The molecule has 0 aromatic heterocycles. The molecule has 0 saturated carbocycles. The van der Waals surface area contributed by atoms with Gasteiger partial charge in [-0.25, -0.2) is 54.2 Å². The van der Waals surface area contributed by atoms with Crippen LogP contribution in [0.4, 0.5) is 22.7 Å². The van der Waals surface area contributed by atoms with E-state index in [0.29, 0.717) is 147 Å². The van der Waals surface area contributed by atoms with E-state index in [1.54, 1.807) is 189 Å². The van der Waals surface area contributed by atoms with Crippen LogP contribution >= 0.6 is 81.2 Å². The van der Waals surface area contributed by atoms with Gasteiger partial charge < -0.3 is 43.3 Å². The summed E-state index contributed by atoms with van der Waals surface area (Å²) in [5.74, 6) is 2.43. The Morgan fingerprint density at radius 1 is 0.331 bits per heavy atom. The number of hydrogen-bond donors (Lipinski definition) is 4. The number of sulfonamides is 4. The predicted octanol–water partition coefficient (Wildman–Crippen LogP) is 18.9. The predicted molar refractivity (Wildman–Crippen MR) is 507 cm³/mol. The molecule has 39 heteroatoms. The Morgan fingerprint density at radius 3 is 0.932 bits per heavy atom. The Bertz CT molecular complexity index is 6970. The molecule has 4 atom stereocenters. The van der Waals surface area contributed by atoms with E-state index in [0.717, 1.165) is 27.8 Å². The summed E-state index contributed by atoms with van der Waals surface area (Å²) in [5, 5.41) is 51.7. The highest BCUT2D eigenvalue weighted by molar-refractivity contribution is 7.90. The van der Waals surface area contributed by atoms with Crippen LogP contribution in [0.3, 0.4) is 0 Å². The van der Waals surface area contributed by atoms with Crippen LogP contribution in [0.25, 0.3) is 0 Å². The van der Waals surface area contributed by atoms with Crippen LogP contribution in [0.15, 0.2) is 262 Å². The number of hydrogen-bond acceptors (Lipinski definition) is 20. The van der Waals surface area contributed by atoms with Crippen molar-refractivity contribution < 1.29 is 76.5 Å². The second kappa shape index (κ2) is 41.8. The van der Waals surface area contributed by atoms with Crippen molar-refractivity contribution in [2.75, 3.05) is 52.9 Å². The van der Waals surface area contributed by atoms with Gasteiger partial charge in [-0.15, -0.1) is 0 Å². The molecule has 12 aromatic rings. The van der Waals surface area contributed by atoms with Gasteiger partial charge in [0.2, 0.25) is 63.7 Å². The molecule has 4 aliphatic heterocycles. The Labute approximate surface area is 801 Å². The summed E-state index contributed by atoms with van der Waals surface area (Å²) in [6.45, 7) is 3.58. The summed E-state index contributed by atoms with van der Waals surface area (Å²) in [6, 6.07) is 70.6. The number of anilines is 4. The molecule has 682 valence electrons. The average molecular weight is 2010 g/mol. The third kappa shape index (κ3) is 24.4. The van der Waals surface area contributed by atoms with Gasteiger partial charge in [0, 0.05) is 168 Å². The highest BCUT2D eigenvalue weighted by Gasteiger charge is 2.39. The normalized spacial score (nSPS) is 16.0. The minimum Gasteiger partial charge on any atom is -0.493 e. The fraction of sp³-hybridized carbons (Fsp3) is 0.160. The van der Waals surface area contributed by atoms with Gasteiger partial charge in [0.05, 0.1) is 49.5 Å². The molecule has 4 heterocycles. The number of amides is 4. The Morgan fingerprint density at radius 2 is 0.617 bits per heavy atom. The maximum atomic E-state index is 12.8.